The molecule has 3 nitrogen and oxygen atoms in total. The molecule has 0 amide bonds. The molecule has 106 valence electrons. The molecule has 2 aliphatic rings. The summed E-state index contributed by atoms with van der Waals surface area (Å²) in [4.78, 5) is 6.50. The van der Waals surface area contributed by atoms with Crippen LogP contribution >= 0.6 is 0 Å². The van der Waals surface area contributed by atoms with Crippen molar-refractivity contribution in [1.82, 2.24) is 4.90 Å². The fourth-order valence-corrected chi connectivity index (χ4v) is 3.27. The van der Waals surface area contributed by atoms with Gasteiger partial charge in [0.05, 0.1) is 0 Å². The van der Waals surface area contributed by atoms with E-state index in [1.54, 1.807) is 12.1 Å². The molecule has 0 bridgehead atoms. The summed E-state index contributed by atoms with van der Waals surface area (Å²) in [7, 11) is 0. The monoisotopic (exact) mass is 282 g/mol. The SMILES string of the molecule is O[C@@]1(c2ccc(F)cc2)c2ccccc2C2=NCCCN21. The van der Waals surface area contributed by atoms with Crippen LogP contribution in [-0.4, -0.2) is 28.9 Å². The minimum Gasteiger partial charge on any atom is -0.363 e. The summed E-state index contributed by atoms with van der Waals surface area (Å²) < 4.78 is 13.2. The molecular formula is C17H15FN2O. The molecule has 1 atom stereocenters. The van der Waals surface area contributed by atoms with Crippen LogP contribution < -0.4 is 0 Å². The lowest BCUT2D eigenvalue weighted by molar-refractivity contribution is -0.0318. The van der Waals surface area contributed by atoms with Crippen LogP contribution in [0.1, 0.15) is 23.1 Å². The fraction of sp³-hybridized carbons (Fsp3) is 0.235. The van der Waals surface area contributed by atoms with E-state index in [1.165, 1.54) is 12.1 Å². The lowest BCUT2D eigenvalue weighted by atomic mass is 9.94. The Morgan fingerprint density at radius 3 is 2.67 bits per heavy atom. The lowest BCUT2D eigenvalue weighted by Crippen LogP contribution is -2.47. The van der Waals surface area contributed by atoms with E-state index in [4.69, 9.17) is 0 Å². The van der Waals surface area contributed by atoms with Gasteiger partial charge in [0.15, 0.2) is 5.72 Å². The molecule has 2 aromatic carbocycles. The number of nitrogens with zero attached hydrogens (tertiary/aromatic N) is 2. The number of benzene rings is 2. The molecule has 21 heavy (non-hydrogen) atoms. The largest absolute Gasteiger partial charge is 0.363 e. The van der Waals surface area contributed by atoms with Crippen molar-refractivity contribution in [2.45, 2.75) is 12.1 Å². The van der Waals surface area contributed by atoms with Gasteiger partial charge in [-0.3, -0.25) is 4.99 Å². The van der Waals surface area contributed by atoms with Crippen LogP contribution in [0.15, 0.2) is 53.5 Å². The van der Waals surface area contributed by atoms with Gasteiger partial charge in [0.2, 0.25) is 0 Å². The van der Waals surface area contributed by atoms with Gasteiger partial charge < -0.3 is 10.0 Å². The van der Waals surface area contributed by atoms with E-state index in [-0.39, 0.29) is 5.82 Å². The Kier molecular flexibility index (Phi) is 2.62. The van der Waals surface area contributed by atoms with Crippen molar-refractivity contribution in [3.05, 3.63) is 71.0 Å². The van der Waals surface area contributed by atoms with Crippen LogP contribution in [0.5, 0.6) is 0 Å². The first-order valence-corrected chi connectivity index (χ1v) is 7.11. The molecule has 2 aromatic rings. The highest BCUT2D eigenvalue weighted by Crippen LogP contribution is 2.43. The first kappa shape index (κ1) is 12.5. The number of hydrogen-bond donors (Lipinski definition) is 1. The highest BCUT2D eigenvalue weighted by Gasteiger charge is 2.48. The van der Waals surface area contributed by atoms with Gasteiger partial charge in [-0.05, 0) is 18.6 Å². The summed E-state index contributed by atoms with van der Waals surface area (Å²) in [6.45, 7) is 1.51. The second-order valence-corrected chi connectivity index (χ2v) is 5.44. The van der Waals surface area contributed by atoms with E-state index >= 15 is 0 Å². The molecule has 0 fully saturated rings. The highest BCUT2D eigenvalue weighted by molar-refractivity contribution is 6.04. The van der Waals surface area contributed by atoms with Crippen LogP contribution in [0.25, 0.3) is 0 Å². The molecule has 0 unspecified atom stereocenters. The molecule has 1 N–H and O–H groups in total. The highest BCUT2D eigenvalue weighted by atomic mass is 19.1. The van der Waals surface area contributed by atoms with Crippen LogP contribution in [0.3, 0.4) is 0 Å². The zero-order valence-corrected chi connectivity index (χ0v) is 11.5. The topological polar surface area (TPSA) is 35.8 Å². The van der Waals surface area contributed by atoms with Gasteiger partial charge in [0.25, 0.3) is 0 Å². The van der Waals surface area contributed by atoms with Gasteiger partial charge >= 0.3 is 0 Å². The predicted octanol–water partition coefficient (Wildman–Crippen LogP) is 2.49. The number of aliphatic imine (C=N–C) groups is 1. The summed E-state index contributed by atoms with van der Waals surface area (Å²) in [6, 6.07) is 13.8. The Balaban J connectivity index is 1.96. The Morgan fingerprint density at radius 2 is 1.86 bits per heavy atom. The first-order chi connectivity index (χ1) is 10.2. The second-order valence-electron chi connectivity index (χ2n) is 5.44. The van der Waals surface area contributed by atoms with E-state index < -0.39 is 5.72 Å². The van der Waals surface area contributed by atoms with E-state index in [1.807, 2.05) is 29.2 Å². The van der Waals surface area contributed by atoms with Crippen molar-refractivity contribution in [2.24, 2.45) is 4.99 Å². The standard InChI is InChI=1S/C17H15FN2O/c18-13-8-6-12(7-9-13)17(21)15-5-2-1-4-14(15)16-19-10-3-11-20(16)17/h1-2,4-9,21H,3,10-11H2/t17-/m0/s1. The Bertz CT molecular complexity index is 726. The maximum Gasteiger partial charge on any atom is 0.193 e. The van der Waals surface area contributed by atoms with Crippen LogP contribution in [0, 0.1) is 5.82 Å². The van der Waals surface area contributed by atoms with E-state index in [2.05, 4.69) is 4.99 Å². The number of fused-ring (bicyclic) bond motifs is 3. The normalized spacial score (nSPS) is 23.5. The molecule has 2 heterocycles. The zero-order chi connectivity index (χ0) is 14.4. The van der Waals surface area contributed by atoms with Crippen LogP contribution in [0.2, 0.25) is 0 Å². The maximum absolute atomic E-state index is 13.2. The summed E-state index contributed by atoms with van der Waals surface area (Å²) >= 11 is 0. The molecule has 0 aromatic heterocycles. The quantitative estimate of drug-likeness (QED) is 0.872. The van der Waals surface area contributed by atoms with E-state index in [0.29, 0.717) is 5.56 Å². The Labute approximate surface area is 122 Å². The smallest absolute Gasteiger partial charge is 0.193 e. The average Bonchev–Trinajstić information content (AvgIpc) is 2.80. The Hall–Kier alpha value is -2.20. The third-order valence-corrected chi connectivity index (χ3v) is 4.24. The minimum absolute atomic E-state index is 0.304. The van der Waals surface area contributed by atoms with Gasteiger partial charge in [-0.1, -0.05) is 36.4 Å². The zero-order valence-electron chi connectivity index (χ0n) is 11.5. The molecule has 0 saturated carbocycles. The van der Waals surface area contributed by atoms with Gasteiger partial charge in [-0.25, -0.2) is 4.39 Å². The molecule has 4 rings (SSSR count). The van der Waals surface area contributed by atoms with E-state index in [0.717, 1.165) is 36.5 Å². The van der Waals surface area contributed by atoms with Crippen molar-refractivity contribution in [2.75, 3.05) is 13.1 Å². The fourth-order valence-electron chi connectivity index (χ4n) is 3.27. The van der Waals surface area contributed by atoms with Crippen molar-refractivity contribution < 1.29 is 9.50 Å². The van der Waals surface area contributed by atoms with E-state index in [9.17, 15) is 9.50 Å². The molecule has 0 saturated heterocycles. The van der Waals surface area contributed by atoms with Crippen molar-refractivity contribution in [1.29, 1.82) is 0 Å². The maximum atomic E-state index is 13.2. The van der Waals surface area contributed by atoms with Gasteiger partial charge in [-0.2, -0.15) is 0 Å². The molecule has 0 spiro atoms. The summed E-state index contributed by atoms with van der Waals surface area (Å²) in [5, 5.41) is 11.4. The molecule has 2 aliphatic heterocycles. The second kappa shape index (κ2) is 4.40. The summed E-state index contributed by atoms with van der Waals surface area (Å²) in [5.74, 6) is 0.532. The number of halogens is 1. The van der Waals surface area contributed by atoms with Crippen molar-refractivity contribution in [3.63, 3.8) is 0 Å². The average molecular weight is 282 g/mol. The number of hydrogen-bond acceptors (Lipinski definition) is 3. The lowest BCUT2D eigenvalue weighted by Gasteiger charge is -2.37. The summed E-state index contributed by atoms with van der Waals surface area (Å²) in [6.07, 6.45) is 0.904. The van der Waals surface area contributed by atoms with Gasteiger partial charge in [-0.15, -0.1) is 0 Å². The van der Waals surface area contributed by atoms with Crippen LogP contribution in [-0.2, 0) is 5.72 Å². The molecular weight excluding hydrogens is 267 g/mol. The van der Waals surface area contributed by atoms with Crippen molar-refractivity contribution in [3.8, 4) is 0 Å². The molecule has 0 radical (unpaired) electrons. The summed E-state index contributed by atoms with van der Waals surface area (Å²) in [5.41, 5.74) is 1.19. The number of aliphatic hydroxyl groups is 1. The number of rotatable bonds is 1. The third-order valence-electron chi connectivity index (χ3n) is 4.24. The van der Waals surface area contributed by atoms with Gasteiger partial charge in [0, 0.05) is 29.8 Å². The third kappa shape index (κ3) is 1.66. The number of amidine groups is 1. The first-order valence-electron chi connectivity index (χ1n) is 7.11. The molecule has 0 aliphatic carbocycles. The minimum atomic E-state index is -1.26. The van der Waals surface area contributed by atoms with Gasteiger partial charge in [0.1, 0.15) is 11.7 Å². The van der Waals surface area contributed by atoms with Crippen molar-refractivity contribution >= 4 is 5.84 Å². The van der Waals surface area contributed by atoms with Crippen LogP contribution in [0.4, 0.5) is 4.39 Å². The Morgan fingerprint density at radius 1 is 1.10 bits per heavy atom. The predicted molar refractivity (Wildman–Crippen MR) is 78.6 cm³/mol. The molecule has 4 heteroatoms.